The average Bonchev–Trinajstić information content (AvgIpc) is 3.50. The van der Waals surface area contributed by atoms with Gasteiger partial charge in [-0.2, -0.15) is 0 Å². The summed E-state index contributed by atoms with van der Waals surface area (Å²) in [5.41, 5.74) is -2.02. The number of hydrogen-bond donors (Lipinski definition) is 2. The van der Waals surface area contributed by atoms with Gasteiger partial charge in [-0.05, 0) is 88.7 Å². The maximum atomic E-state index is 13.5. The summed E-state index contributed by atoms with van der Waals surface area (Å²) in [5, 5.41) is 23.1. The maximum Gasteiger partial charge on any atom is 0.334 e. The van der Waals surface area contributed by atoms with Gasteiger partial charge in [0.05, 0.1) is 5.41 Å². The normalized spacial score (nSPS) is 50.7. The van der Waals surface area contributed by atoms with Crippen molar-refractivity contribution in [1.29, 1.82) is 0 Å². The molecule has 8 heteroatoms. The summed E-state index contributed by atoms with van der Waals surface area (Å²) in [6.45, 7) is 11.0. The standard InChI is InChI=1S/C30H40O8/c1-14-13-22(37-26(34)15(14)2)29(6,35)19-8-7-17-23-18(11-12-27(17,19)4)28(5)20(32)9-10-21(33)30(28)25(38-30)24(23)36-16(3)31/h9-10,17-19,21-25,33,35H,7-8,11-13H2,1-6H3. The Hall–Kier alpha value is -2.03. The minimum atomic E-state index is -1.25. The van der Waals surface area contributed by atoms with E-state index in [9.17, 15) is 24.6 Å². The van der Waals surface area contributed by atoms with Gasteiger partial charge in [0, 0.05) is 24.8 Å². The lowest BCUT2D eigenvalue weighted by Crippen LogP contribution is -2.68. The molecule has 3 saturated carbocycles. The van der Waals surface area contributed by atoms with E-state index in [2.05, 4.69) is 6.92 Å². The molecule has 0 amide bonds. The molecular formula is C30H40O8. The maximum absolute atomic E-state index is 13.5. The van der Waals surface area contributed by atoms with Crippen molar-refractivity contribution in [3.05, 3.63) is 23.3 Å². The van der Waals surface area contributed by atoms with Crippen LogP contribution in [0.15, 0.2) is 23.3 Å². The molecule has 1 spiro atoms. The minimum Gasteiger partial charge on any atom is -0.459 e. The fraction of sp³-hybridized carbons (Fsp3) is 0.767. The van der Waals surface area contributed by atoms with E-state index in [1.807, 2.05) is 13.8 Å². The fourth-order valence-corrected chi connectivity index (χ4v) is 9.85. The lowest BCUT2D eigenvalue weighted by atomic mass is 9.43. The molecule has 6 rings (SSSR count). The number of hydrogen-bond acceptors (Lipinski definition) is 8. The number of carbonyl (C=O) groups excluding carboxylic acids is 3. The van der Waals surface area contributed by atoms with Crippen LogP contribution in [0.1, 0.15) is 73.6 Å². The molecule has 208 valence electrons. The molecule has 12 atom stereocenters. The van der Waals surface area contributed by atoms with Crippen LogP contribution < -0.4 is 0 Å². The van der Waals surface area contributed by atoms with Crippen LogP contribution in [0.4, 0.5) is 0 Å². The van der Waals surface area contributed by atoms with E-state index < -0.39 is 47.0 Å². The second-order valence-electron chi connectivity index (χ2n) is 13.5. The number of rotatable bonds is 3. The van der Waals surface area contributed by atoms with Crippen LogP contribution in [0.25, 0.3) is 0 Å². The quantitative estimate of drug-likeness (QED) is 0.423. The Balaban J connectivity index is 1.38. The van der Waals surface area contributed by atoms with Gasteiger partial charge in [-0.15, -0.1) is 0 Å². The van der Waals surface area contributed by atoms with Crippen molar-refractivity contribution in [2.24, 2.45) is 34.5 Å². The smallest absolute Gasteiger partial charge is 0.334 e. The Kier molecular flexibility index (Phi) is 5.53. The van der Waals surface area contributed by atoms with E-state index in [1.54, 1.807) is 13.8 Å². The van der Waals surface area contributed by atoms with Crippen molar-refractivity contribution < 1.29 is 38.8 Å². The zero-order chi connectivity index (χ0) is 27.6. The van der Waals surface area contributed by atoms with Gasteiger partial charge < -0.3 is 24.4 Å². The first-order valence-corrected chi connectivity index (χ1v) is 14.1. The first-order chi connectivity index (χ1) is 17.7. The Morgan fingerprint density at radius 2 is 1.87 bits per heavy atom. The van der Waals surface area contributed by atoms with Gasteiger partial charge in [0.25, 0.3) is 0 Å². The third-order valence-corrected chi connectivity index (χ3v) is 12.0. The van der Waals surface area contributed by atoms with Gasteiger partial charge in [-0.25, -0.2) is 4.79 Å². The molecule has 0 aromatic heterocycles. The second kappa shape index (κ2) is 8.01. The number of ketones is 1. The van der Waals surface area contributed by atoms with E-state index in [0.717, 1.165) is 24.8 Å². The van der Waals surface area contributed by atoms with Crippen LogP contribution in [0.3, 0.4) is 0 Å². The van der Waals surface area contributed by atoms with Gasteiger partial charge in [0.2, 0.25) is 0 Å². The molecule has 0 aromatic rings. The summed E-state index contributed by atoms with van der Waals surface area (Å²) in [6, 6.07) is 0. The van der Waals surface area contributed by atoms with Gasteiger partial charge in [-0.1, -0.05) is 12.5 Å². The molecule has 0 bridgehead atoms. The molecule has 38 heavy (non-hydrogen) atoms. The molecule has 8 nitrogen and oxygen atoms in total. The predicted octanol–water partition coefficient (Wildman–Crippen LogP) is 3.04. The number of carbonyl (C=O) groups is 3. The molecule has 6 aliphatic rings. The monoisotopic (exact) mass is 528 g/mol. The largest absolute Gasteiger partial charge is 0.459 e. The topological polar surface area (TPSA) is 123 Å². The lowest BCUT2D eigenvalue weighted by Gasteiger charge is -2.60. The van der Waals surface area contributed by atoms with Crippen molar-refractivity contribution in [3.8, 4) is 0 Å². The summed E-state index contributed by atoms with van der Waals surface area (Å²) in [4.78, 5) is 38.4. The Bertz CT molecular complexity index is 1170. The van der Waals surface area contributed by atoms with Crippen LogP contribution in [-0.4, -0.2) is 63.6 Å². The molecule has 4 aliphatic carbocycles. The summed E-state index contributed by atoms with van der Waals surface area (Å²) in [7, 11) is 0. The summed E-state index contributed by atoms with van der Waals surface area (Å²) >= 11 is 0. The van der Waals surface area contributed by atoms with E-state index in [-0.39, 0.29) is 40.8 Å². The number of fused-ring (bicyclic) bond motifs is 4. The van der Waals surface area contributed by atoms with E-state index >= 15 is 0 Å². The highest BCUT2D eigenvalue weighted by atomic mass is 16.7. The highest BCUT2D eigenvalue weighted by Crippen LogP contribution is 2.73. The fourth-order valence-electron chi connectivity index (χ4n) is 9.85. The van der Waals surface area contributed by atoms with Gasteiger partial charge in [0.15, 0.2) is 5.78 Å². The second-order valence-corrected chi connectivity index (χ2v) is 13.5. The first-order valence-electron chi connectivity index (χ1n) is 14.1. The van der Waals surface area contributed by atoms with Crippen molar-refractivity contribution in [2.75, 3.05) is 0 Å². The molecule has 1 saturated heterocycles. The molecule has 2 heterocycles. The average molecular weight is 529 g/mol. The van der Waals surface area contributed by atoms with Crippen LogP contribution >= 0.6 is 0 Å². The highest BCUT2D eigenvalue weighted by Gasteiger charge is 2.84. The molecular weight excluding hydrogens is 488 g/mol. The molecule has 2 N–H and O–H groups in total. The van der Waals surface area contributed by atoms with Crippen LogP contribution in [0.5, 0.6) is 0 Å². The lowest BCUT2D eigenvalue weighted by molar-refractivity contribution is -0.195. The number of aliphatic hydroxyl groups excluding tert-OH is 1. The number of esters is 2. The number of aliphatic hydroxyl groups is 2. The van der Waals surface area contributed by atoms with Crippen LogP contribution in [0.2, 0.25) is 0 Å². The van der Waals surface area contributed by atoms with Crippen molar-refractivity contribution in [3.63, 3.8) is 0 Å². The van der Waals surface area contributed by atoms with Crippen LogP contribution in [-0.2, 0) is 28.6 Å². The Morgan fingerprint density at radius 1 is 1.16 bits per heavy atom. The van der Waals surface area contributed by atoms with Gasteiger partial charge in [-0.3, -0.25) is 9.59 Å². The third kappa shape index (κ3) is 3.05. The van der Waals surface area contributed by atoms with Crippen molar-refractivity contribution >= 4 is 17.7 Å². The van der Waals surface area contributed by atoms with Crippen molar-refractivity contribution in [2.45, 2.75) is 109 Å². The number of allylic oxidation sites excluding steroid dienone is 1. The molecule has 0 aromatic carbocycles. The van der Waals surface area contributed by atoms with E-state index in [0.29, 0.717) is 18.4 Å². The predicted molar refractivity (Wildman–Crippen MR) is 135 cm³/mol. The number of epoxide rings is 1. The first kappa shape index (κ1) is 26.2. The molecule has 4 fully saturated rings. The summed E-state index contributed by atoms with van der Waals surface area (Å²) in [6.07, 6.45) is 3.78. The van der Waals surface area contributed by atoms with E-state index in [4.69, 9.17) is 14.2 Å². The molecule has 2 aliphatic heterocycles. The van der Waals surface area contributed by atoms with Crippen LogP contribution in [0, 0.1) is 34.5 Å². The summed E-state index contributed by atoms with van der Waals surface area (Å²) in [5.74, 6) is -1.19. The SMILES string of the molecule is CC(=O)OC1C2C3CCC(C(C)(O)C4CC(C)=C(C)C(=O)O4)C3(C)CCC2C2(C)C(=O)C=CC(O)C23OC13. The number of cyclic esters (lactones) is 1. The van der Waals surface area contributed by atoms with Gasteiger partial charge >= 0.3 is 11.9 Å². The Labute approximate surface area is 223 Å². The molecule has 0 radical (unpaired) electrons. The molecule has 12 unspecified atom stereocenters. The van der Waals surface area contributed by atoms with E-state index in [1.165, 1.54) is 19.1 Å². The third-order valence-electron chi connectivity index (χ3n) is 12.0. The summed E-state index contributed by atoms with van der Waals surface area (Å²) < 4.78 is 18.0. The zero-order valence-electron chi connectivity index (χ0n) is 23.2. The van der Waals surface area contributed by atoms with Crippen molar-refractivity contribution in [1.82, 2.24) is 0 Å². The minimum absolute atomic E-state index is 0.0431. The highest BCUT2D eigenvalue weighted by molar-refractivity contribution is 5.98. The zero-order valence-corrected chi connectivity index (χ0v) is 23.2. The van der Waals surface area contributed by atoms with Gasteiger partial charge in [0.1, 0.15) is 35.6 Å². The Morgan fingerprint density at radius 3 is 2.53 bits per heavy atom. The number of ether oxygens (including phenoxy) is 3.